The van der Waals surface area contributed by atoms with Crippen LogP contribution in [0.1, 0.15) is 33.6 Å². The van der Waals surface area contributed by atoms with E-state index in [1.807, 2.05) is 0 Å². The van der Waals surface area contributed by atoms with E-state index in [4.69, 9.17) is 0 Å². The summed E-state index contributed by atoms with van der Waals surface area (Å²) in [5, 5.41) is 6.45. The zero-order valence-electron chi connectivity index (χ0n) is 10.8. The van der Waals surface area contributed by atoms with Crippen molar-refractivity contribution < 1.29 is 4.79 Å². The van der Waals surface area contributed by atoms with Crippen LogP contribution in [0.4, 0.5) is 0 Å². The standard InChI is InChI=1S/C12H25N3O/c1-4-11(5-2)14-12(16)9-15-7-6-13-10(3)8-15/h10-11,13H,4-9H2,1-3H3,(H,14,16)/t10-/m1/s1. The lowest BCUT2D eigenvalue weighted by Crippen LogP contribution is -2.52. The maximum absolute atomic E-state index is 11.8. The Hall–Kier alpha value is -0.610. The van der Waals surface area contributed by atoms with E-state index in [-0.39, 0.29) is 5.91 Å². The van der Waals surface area contributed by atoms with Gasteiger partial charge in [-0.15, -0.1) is 0 Å². The molecule has 1 amide bonds. The second kappa shape index (κ2) is 6.86. The Morgan fingerprint density at radius 3 is 2.75 bits per heavy atom. The predicted molar refractivity (Wildman–Crippen MR) is 66.4 cm³/mol. The lowest BCUT2D eigenvalue weighted by Gasteiger charge is -2.31. The number of piperazine rings is 1. The summed E-state index contributed by atoms with van der Waals surface area (Å²) in [6, 6.07) is 0.836. The fourth-order valence-corrected chi connectivity index (χ4v) is 2.13. The summed E-state index contributed by atoms with van der Waals surface area (Å²) >= 11 is 0. The van der Waals surface area contributed by atoms with Crippen LogP contribution in [0.5, 0.6) is 0 Å². The second-order valence-corrected chi connectivity index (χ2v) is 4.67. The quantitative estimate of drug-likeness (QED) is 0.722. The number of amides is 1. The number of carbonyl (C=O) groups is 1. The summed E-state index contributed by atoms with van der Waals surface area (Å²) in [5.41, 5.74) is 0. The maximum Gasteiger partial charge on any atom is 0.234 e. The largest absolute Gasteiger partial charge is 0.352 e. The van der Waals surface area contributed by atoms with Gasteiger partial charge in [-0.1, -0.05) is 13.8 Å². The lowest BCUT2D eigenvalue weighted by molar-refractivity contribution is -0.123. The summed E-state index contributed by atoms with van der Waals surface area (Å²) in [5.74, 6) is 0.169. The van der Waals surface area contributed by atoms with E-state index in [1.165, 1.54) is 0 Å². The van der Waals surface area contributed by atoms with Crippen molar-refractivity contribution in [2.75, 3.05) is 26.2 Å². The highest BCUT2D eigenvalue weighted by Gasteiger charge is 2.18. The molecule has 0 radical (unpaired) electrons. The Labute approximate surface area is 98.8 Å². The summed E-state index contributed by atoms with van der Waals surface area (Å²) < 4.78 is 0. The monoisotopic (exact) mass is 227 g/mol. The average molecular weight is 227 g/mol. The highest BCUT2D eigenvalue weighted by Crippen LogP contribution is 1.99. The van der Waals surface area contributed by atoms with E-state index in [0.29, 0.717) is 18.6 Å². The minimum Gasteiger partial charge on any atom is -0.352 e. The molecule has 1 fully saturated rings. The molecule has 0 aromatic rings. The van der Waals surface area contributed by atoms with Gasteiger partial charge in [-0.25, -0.2) is 0 Å². The van der Waals surface area contributed by atoms with Crippen molar-refractivity contribution in [1.29, 1.82) is 0 Å². The lowest BCUT2D eigenvalue weighted by atomic mass is 10.1. The third-order valence-corrected chi connectivity index (χ3v) is 3.17. The molecule has 4 nitrogen and oxygen atoms in total. The molecule has 16 heavy (non-hydrogen) atoms. The van der Waals surface area contributed by atoms with Gasteiger partial charge in [-0.2, -0.15) is 0 Å². The van der Waals surface area contributed by atoms with E-state index < -0.39 is 0 Å². The van der Waals surface area contributed by atoms with Gasteiger partial charge in [0, 0.05) is 31.7 Å². The van der Waals surface area contributed by atoms with Crippen LogP contribution >= 0.6 is 0 Å². The smallest absolute Gasteiger partial charge is 0.234 e. The van der Waals surface area contributed by atoms with E-state index in [2.05, 4.69) is 36.3 Å². The average Bonchev–Trinajstić information content (AvgIpc) is 2.26. The Balaban J connectivity index is 2.27. The van der Waals surface area contributed by atoms with Crippen LogP contribution in [0.2, 0.25) is 0 Å². The van der Waals surface area contributed by atoms with Crippen LogP contribution in [0.15, 0.2) is 0 Å². The van der Waals surface area contributed by atoms with Gasteiger partial charge in [0.25, 0.3) is 0 Å². The fourth-order valence-electron chi connectivity index (χ4n) is 2.13. The molecule has 0 aromatic heterocycles. The SMILES string of the molecule is CCC(CC)NC(=O)CN1CCN[C@H](C)C1. The molecule has 1 heterocycles. The van der Waals surface area contributed by atoms with Gasteiger partial charge in [0.15, 0.2) is 0 Å². The van der Waals surface area contributed by atoms with Crippen LogP contribution in [-0.2, 0) is 4.79 Å². The zero-order chi connectivity index (χ0) is 12.0. The number of nitrogens with one attached hydrogen (secondary N) is 2. The molecule has 4 heteroatoms. The van der Waals surface area contributed by atoms with Crippen LogP contribution in [0.25, 0.3) is 0 Å². The van der Waals surface area contributed by atoms with Gasteiger partial charge < -0.3 is 10.6 Å². The van der Waals surface area contributed by atoms with Crippen LogP contribution in [0.3, 0.4) is 0 Å². The highest BCUT2D eigenvalue weighted by molar-refractivity contribution is 5.78. The third-order valence-electron chi connectivity index (χ3n) is 3.17. The molecule has 1 aliphatic heterocycles. The van der Waals surface area contributed by atoms with Gasteiger partial charge in [0.2, 0.25) is 5.91 Å². The van der Waals surface area contributed by atoms with Crippen molar-refractivity contribution in [2.45, 2.75) is 45.7 Å². The summed E-state index contributed by atoms with van der Waals surface area (Å²) in [6.07, 6.45) is 2.03. The number of hydrogen-bond acceptors (Lipinski definition) is 3. The number of hydrogen-bond donors (Lipinski definition) is 2. The minimum atomic E-state index is 0.169. The van der Waals surface area contributed by atoms with Gasteiger partial charge in [0.1, 0.15) is 0 Å². The summed E-state index contributed by atoms with van der Waals surface area (Å²) in [4.78, 5) is 14.0. The molecule has 0 spiro atoms. The van der Waals surface area contributed by atoms with Crippen molar-refractivity contribution in [1.82, 2.24) is 15.5 Å². The topological polar surface area (TPSA) is 44.4 Å². The normalized spacial score (nSPS) is 22.4. The van der Waals surface area contributed by atoms with Crippen molar-refractivity contribution >= 4 is 5.91 Å². The van der Waals surface area contributed by atoms with Crippen molar-refractivity contribution in [3.8, 4) is 0 Å². The first-order chi connectivity index (χ1) is 7.65. The fraction of sp³-hybridized carbons (Fsp3) is 0.917. The maximum atomic E-state index is 11.8. The molecular formula is C12H25N3O. The van der Waals surface area contributed by atoms with Crippen LogP contribution < -0.4 is 10.6 Å². The molecule has 1 aliphatic rings. The van der Waals surface area contributed by atoms with Crippen molar-refractivity contribution in [2.24, 2.45) is 0 Å². The van der Waals surface area contributed by atoms with E-state index in [0.717, 1.165) is 32.5 Å². The van der Waals surface area contributed by atoms with E-state index in [1.54, 1.807) is 0 Å². The van der Waals surface area contributed by atoms with Crippen molar-refractivity contribution in [3.63, 3.8) is 0 Å². The Morgan fingerprint density at radius 2 is 2.19 bits per heavy atom. The van der Waals surface area contributed by atoms with Crippen LogP contribution in [-0.4, -0.2) is 49.1 Å². The molecule has 0 bridgehead atoms. The van der Waals surface area contributed by atoms with Crippen LogP contribution in [0, 0.1) is 0 Å². The third kappa shape index (κ3) is 4.49. The van der Waals surface area contributed by atoms with Gasteiger partial charge in [0.05, 0.1) is 6.54 Å². The summed E-state index contributed by atoms with van der Waals surface area (Å²) in [7, 11) is 0. The zero-order valence-corrected chi connectivity index (χ0v) is 10.8. The molecule has 2 N–H and O–H groups in total. The molecule has 94 valence electrons. The first-order valence-electron chi connectivity index (χ1n) is 6.40. The van der Waals surface area contributed by atoms with Gasteiger partial charge >= 0.3 is 0 Å². The van der Waals surface area contributed by atoms with Gasteiger partial charge in [-0.05, 0) is 19.8 Å². The molecule has 1 rings (SSSR count). The Kier molecular flexibility index (Phi) is 5.77. The number of carbonyl (C=O) groups excluding carboxylic acids is 1. The number of nitrogens with zero attached hydrogens (tertiary/aromatic N) is 1. The molecule has 0 aromatic carbocycles. The second-order valence-electron chi connectivity index (χ2n) is 4.67. The molecule has 0 unspecified atom stereocenters. The van der Waals surface area contributed by atoms with E-state index >= 15 is 0 Å². The Morgan fingerprint density at radius 1 is 1.50 bits per heavy atom. The summed E-state index contributed by atoms with van der Waals surface area (Å²) in [6.45, 7) is 9.85. The molecule has 1 atom stereocenters. The molecule has 0 saturated carbocycles. The first kappa shape index (κ1) is 13.5. The van der Waals surface area contributed by atoms with E-state index in [9.17, 15) is 4.79 Å². The molecule has 0 aliphatic carbocycles. The van der Waals surface area contributed by atoms with Crippen molar-refractivity contribution in [3.05, 3.63) is 0 Å². The minimum absolute atomic E-state index is 0.169. The molecule has 1 saturated heterocycles. The molecular weight excluding hydrogens is 202 g/mol. The predicted octanol–water partition coefficient (Wildman–Crippen LogP) is 0.585. The highest BCUT2D eigenvalue weighted by atomic mass is 16.2. The Bertz CT molecular complexity index is 216. The number of rotatable bonds is 5. The van der Waals surface area contributed by atoms with Gasteiger partial charge in [-0.3, -0.25) is 9.69 Å². The first-order valence-corrected chi connectivity index (χ1v) is 6.40.